The number of hydrogen-bond acceptors (Lipinski definition) is 2. The number of thiocarbonyl (C=S) groups is 1. The number of hydrogen-bond donors (Lipinski definition) is 2. The van der Waals surface area contributed by atoms with Crippen molar-refractivity contribution in [2.24, 2.45) is 5.73 Å². The van der Waals surface area contributed by atoms with Gasteiger partial charge in [-0.3, -0.25) is 0 Å². The summed E-state index contributed by atoms with van der Waals surface area (Å²) in [5.74, 6) is 0. The zero-order chi connectivity index (χ0) is 9.14. The van der Waals surface area contributed by atoms with E-state index in [1.165, 1.54) is 0 Å². The lowest BCUT2D eigenvalue weighted by atomic mass is 10.2. The van der Waals surface area contributed by atoms with Crippen LogP contribution in [0.15, 0.2) is 22.7 Å². The van der Waals surface area contributed by atoms with E-state index in [1.807, 2.05) is 25.2 Å². The number of nitrogens with two attached hydrogens (primary N) is 1. The van der Waals surface area contributed by atoms with Gasteiger partial charge in [-0.2, -0.15) is 0 Å². The molecule has 3 N–H and O–H groups in total. The van der Waals surface area contributed by atoms with Crippen LogP contribution < -0.4 is 11.1 Å². The average molecular weight is 245 g/mol. The van der Waals surface area contributed by atoms with Crippen molar-refractivity contribution in [2.45, 2.75) is 0 Å². The molecule has 4 heteroatoms. The van der Waals surface area contributed by atoms with Crippen molar-refractivity contribution in [3.05, 3.63) is 28.2 Å². The highest BCUT2D eigenvalue weighted by atomic mass is 79.9. The van der Waals surface area contributed by atoms with Gasteiger partial charge in [-0.15, -0.1) is 0 Å². The Labute approximate surface area is 85.3 Å². The summed E-state index contributed by atoms with van der Waals surface area (Å²) in [7, 11) is 1.86. The largest absolute Gasteiger partial charge is 0.389 e. The highest BCUT2D eigenvalue weighted by Gasteiger charge is 2.00. The quantitative estimate of drug-likeness (QED) is 0.784. The third-order valence-electron chi connectivity index (χ3n) is 1.52. The molecule has 0 heterocycles. The maximum Gasteiger partial charge on any atom is 0.104 e. The minimum Gasteiger partial charge on any atom is -0.389 e. The van der Waals surface area contributed by atoms with Crippen molar-refractivity contribution >= 4 is 38.8 Å². The molecule has 0 unspecified atom stereocenters. The van der Waals surface area contributed by atoms with Crippen molar-refractivity contribution in [2.75, 3.05) is 12.4 Å². The standard InChI is InChI=1S/C8H9BrN2S/c1-11-7-3-2-5(8(10)12)4-6(7)9/h2-4,11H,1H3,(H2,10,12). The molecule has 0 atom stereocenters. The lowest BCUT2D eigenvalue weighted by Crippen LogP contribution is -2.09. The molecule has 0 fully saturated rings. The van der Waals surface area contributed by atoms with Crippen molar-refractivity contribution in [3.63, 3.8) is 0 Å². The fraction of sp³-hybridized carbons (Fsp3) is 0.125. The zero-order valence-corrected chi connectivity index (χ0v) is 9.00. The molecule has 0 amide bonds. The first-order chi connectivity index (χ1) is 5.65. The molecule has 64 valence electrons. The molecule has 0 saturated carbocycles. The summed E-state index contributed by atoms with van der Waals surface area (Å²) >= 11 is 8.24. The van der Waals surface area contributed by atoms with Gasteiger partial charge in [-0.1, -0.05) is 12.2 Å². The van der Waals surface area contributed by atoms with Crippen LogP contribution in [-0.4, -0.2) is 12.0 Å². The fourth-order valence-corrected chi connectivity index (χ4v) is 1.58. The molecule has 1 aromatic carbocycles. The third-order valence-corrected chi connectivity index (χ3v) is 2.41. The van der Waals surface area contributed by atoms with Crippen LogP contribution in [0.25, 0.3) is 0 Å². The molecule has 2 nitrogen and oxygen atoms in total. The van der Waals surface area contributed by atoms with Crippen molar-refractivity contribution in [1.29, 1.82) is 0 Å². The van der Waals surface area contributed by atoms with Crippen LogP contribution in [-0.2, 0) is 0 Å². The monoisotopic (exact) mass is 244 g/mol. The predicted octanol–water partition coefficient (Wildman–Crippen LogP) is 2.12. The van der Waals surface area contributed by atoms with Crippen LogP contribution in [0, 0.1) is 0 Å². The van der Waals surface area contributed by atoms with Crippen LogP contribution >= 0.6 is 28.1 Å². The first-order valence-corrected chi connectivity index (χ1v) is 4.62. The Balaban J connectivity index is 3.10. The molecular weight excluding hydrogens is 236 g/mol. The lowest BCUT2D eigenvalue weighted by molar-refractivity contribution is 1.47. The molecule has 0 radical (unpaired) electrons. The van der Waals surface area contributed by atoms with Crippen LogP contribution in [0.3, 0.4) is 0 Å². The second-order valence-corrected chi connectivity index (χ2v) is 3.60. The Hall–Kier alpha value is -0.610. The van der Waals surface area contributed by atoms with E-state index < -0.39 is 0 Å². The fourth-order valence-electron chi connectivity index (χ4n) is 0.871. The summed E-state index contributed by atoms with van der Waals surface area (Å²) in [5.41, 5.74) is 7.36. The normalized spacial score (nSPS) is 9.50. The molecule has 0 aliphatic carbocycles. The minimum absolute atomic E-state index is 0.415. The third kappa shape index (κ3) is 1.95. The molecule has 0 aliphatic heterocycles. The summed E-state index contributed by atoms with van der Waals surface area (Å²) in [4.78, 5) is 0.415. The van der Waals surface area contributed by atoms with Crippen molar-refractivity contribution < 1.29 is 0 Å². The molecule has 0 spiro atoms. The van der Waals surface area contributed by atoms with Gasteiger partial charge in [0.2, 0.25) is 0 Å². The van der Waals surface area contributed by atoms with Gasteiger partial charge in [-0.25, -0.2) is 0 Å². The van der Waals surface area contributed by atoms with Crippen LogP contribution in [0.2, 0.25) is 0 Å². The van der Waals surface area contributed by atoms with E-state index in [2.05, 4.69) is 21.2 Å². The first-order valence-electron chi connectivity index (χ1n) is 3.42. The van der Waals surface area contributed by atoms with Crippen molar-refractivity contribution in [3.8, 4) is 0 Å². The molecule has 12 heavy (non-hydrogen) atoms. The van der Waals surface area contributed by atoms with E-state index in [4.69, 9.17) is 18.0 Å². The number of anilines is 1. The SMILES string of the molecule is CNc1ccc(C(N)=S)cc1Br. The maximum absolute atomic E-state index is 5.46. The Morgan fingerprint density at radius 2 is 2.25 bits per heavy atom. The van der Waals surface area contributed by atoms with E-state index >= 15 is 0 Å². The smallest absolute Gasteiger partial charge is 0.104 e. The average Bonchev–Trinajstić information content (AvgIpc) is 2.04. The highest BCUT2D eigenvalue weighted by Crippen LogP contribution is 2.22. The zero-order valence-electron chi connectivity index (χ0n) is 6.60. The summed E-state index contributed by atoms with van der Waals surface area (Å²) in [6.45, 7) is 0. The van der Waals surface area contributed by atoms with Crippen molar-refractivity contribution in [1.82, 2.24) is 0 Å². The Bertz CT molecular complexity index is 312. The number of benzene rings is 1. The topological polar surface area (TPSA) is 38.0 Å². The molecule has 0 aromatic heterocycles. The molecule has 1 aromatic rings. The maximum atomic E-state index is 5.46. The molecule has 0 saturated heterocycles. The molecule has 1 rings (SSSR count). The molecular formula is C8H9BrN2S. The summed E-state index contributed by atoms with van der Waals surface area (Å²) < 4.78 is 0.968. The van der Waals surface area contributed by atoms with Crippen LogP contribution in [0.5, 0.6) is 0 Å². The summed E-state index contributed by atoms with van der Waals surface area (Å²) in [5, 5.41) is 3.03. The van der Waals surface area contributed by atoms with Gasteiger partial charge in [-0.05, 0) is 34.1 Å². The highest BCUT2D eigenvalue weighted by molar-refractivity contribution is 9.10. The second-order valence-electron chi connectivity index (χ2n) is 2.31. The van der Waals surface area contributed by atoms with Crippen LogP contribution in [0.4, 0.5) is 5.69 Å². The first kappa shape index (κ1) is 9.48. The number of nitrogens with one attached hydrogen (secondary N) is 1. The summed E-state index contributed by atoms with van der Waals surface area (Å²) in [6, 6.07) is 5.71. The molecule has 0 bridgehead atoms. The van der Waals surface area contributed by atoms with Gasteiger partial charge in [0.1, 0.15) is 4.99 Å². The van der Waals surface area contributed by atoms with Gasteiger partial charge >= 0.3 is 0 Å². The predicted molar refractivity (Wildman–Crippen MR) is 59.6 cm³/mol. The molecule has 0 aliphatic rings. The van der Waals surface area contributed by atoms with Gasteiger partial charge in [0.15, 0.2) is 0 Å². The Morgan fingerprint density at radius 1 is 1.58 bits per heavy atom. The van der Waals surface area contributed by atoms with Gasteiger partial charge in [0, 0.05) is 22.8 Å². The number of halogens is 1. The van der Waals surface area contributed by atoms with Gasteiger partial charge in [0.25, 0.3) is 0 Å². The van der Waals surface area contributed by atoms with E-state index in [-0.39, 0.29) is 0 Å². The number of rotatable bonds is 2. The lowest BCUT2D eigenvalue weighted by Gasteiger charge is -2.04. The summed E-state index contributed by atoms with van der Waals surface area (Å²) in [6.07, 6.45) is 0. The van der Waals surface area contributed by atoms with E-state index in [0.717, 1.165) is 15.7 Å². The Morgan fingerprint density at radius 3 is 2.67 bits per heavy atom. The van der Waals surface area contributed by atoms with Crippen LogP contribution in [0.1, 0.15) is 5.56 Å². The minimum atomic E-state index is 0.415. The second kappa shape index (κ2) is 3.87. The van der Waals surface area contributed by atoms with E-state index in [0.29, 0.717) is 4.99 Å². The van der Waals surface area contributed by atoms with E-state index in [9.17, 15) is 0 Å². The van der Waals surface area contributed by atoms with E-state index in [1.54, 1.807) is 0 Å². The Kier molecular flexibility index (Phi) is 3.05. The van der Waals surface area contributed by atoms with Gasteiger partial charge in [0.05, 0.1) is 0 Å². The van der Waals surface area contributed by atoms with Gasteiger partial charge < -0.3 is 11.1 Å².